The van der Waals surface area contributed by atoms with Gasteiger partial charge < -0.3 is 15.5 Å². The first-order valence-electron chi connectivity index (χ1n) is 8.91. The van der Waals surface area contributed by atoms with Crippen molar-refractivity contribution in [1.29, 1.82) is 0 Å². The summed E-state index contributed by atoms with van der Waals surface area (Å²) in [7, 11) is 1.77. The number of carbonyl (C=O) groups is 1. The fourth-order valence-corrected chi connectivity index (χ4v) is 3.69. The first-order valence-corrected chi connectivity index (χ1v) is 9.79. The molecule has 1 amide bonds. The average Bonchev–Trinajstić information content (AvgIpc) is 3.19. The molecule has 1 atom stereocenters. The second kappa shape index (κ2) is 9.87. The van der Waals surface area contributed by atoms with Crippen LogP contribution in [0.1, 0.15) is 51.7 Å². The van der Waals surface area contributed by atoms with Crippen LogP contribution in [-0.4, -0.2) is 47.9 Å². The number of nitrogens with one attached hydrogen (secondary N) is 2. The van der Waals surface area contributed by atoms with E-state index in [4.69, 9.17) is 4.98 Å². The molecule has 2 rings (SSSR count). The van der Waals surface area contributed by atoms with Gasteiger partial charge in [0.25, 0.3) is 0 Å². The van der Waals surface area contributed by atoms with E-state index in [1.807, 2.05) is 18.7 Å². The van der Waals surface area contributed by atoms with Crippen molar-refractivity contribution in [2.45, 2.75) is 59.0 Å². The van der Waals surface area contributed by atoms with E-state index in [-0.39, 0.29) is 47.3 Å². The van der Waals surface area contributed by atoms with Gasteiger partial charge in [-0.15, -0.1) is 35.3 Å². The minimum atomic E-state index is 0. The molecule has 0 aliphatic carbocycles. The summed E-state index contributed by atoms with van der Waals surface area (Å²) in [5.41, 5.74) is 1.20. The Morgan fingerprint density at radius 2 is 2.15 bits per heavy atom. The third-order valence-electron chi connectivity index (χ3n) is 4.29. The van der Waals surface area contributed by atoms with Crippen molar-refractivity contribution in [3.8, 4) is 0 Å². The molecular formula is C18H32IN5OS. The van der Waals surface area contributed by atoms with Crippen molar-refractivity contribution in [2.75, 3.05) is 20.1 Å². The van der Waals surface area contributed by atoms with Crippen LogP contribution in [0.15, 0.2) is 10.4 Å². The van der Waals surface area contributed by atoms with Crippen LogP contribution in [0.2, 0.25) is 0 Å². The lowest BCUT2D eigenvalue weighted by Gasteiger charge is -2.20. The summed E-state index contributed by atoms with van der Waals surface area (Å²) in [5.74, 6) is 1.04. The zero-order chi connectivity index (χ0) is 18.6. The minimum Gasteiger partial charge on any atom is -0.352 e. The van der Waals surface area contributed by atoms with Crippen LogP contribution in [0, 0.1) is 5.92 Å². The summed E-state index contributed by atoms with van der Waals surface area (Å²) in [5, 5.41) is 9.92. The first-order chi connectivity index (χ1) is 11.7. The van der Waals surface area contributed by atoms with Crippen LogP contribution in [-0.2, 0) is 16.8 Å². The maximum absolute atomic E-state index is 12.1. The van der Waals surface area contributed by atoms with Gasteiger partial charge in [0.05, 0.1) is 12.2 Å². The van der Waals surface area contributed by atoms with Crippen molar-refractivity contribution in [3.05, 3.63) is 16.1 Å². The molecule has 26 heavy (non-hydrogen) atoms. The Hall–Kier alpha value is -0.900. The second-order valence-corrected chi connectivity index (χ2v) is 8.81. The molecule has 2 heterocycles. The predicted molar refractivity (Wildman–Crippen MR) is 119 cm³/mol. The van der Waals surface area contributed by atoms with Gasteiger partial charge in [0, 0.05) is 42.9 Å². The Morgan fingerprint density at radius 3 is 2.69 bits per heavy atom. The van der Waals surface area contributed by atoms with E-state index in [2.05, 4.69) is 41.8 Å². The number of aliphatic imine (C=N–C) groups is 1. The van der Waals surface area contributed by atoms with Crippen molar-refractivity contribution < 1.29 is 4.79 Å². The monoisotopic (exact) mass is 493 g/mol. The van der Waals surface area contributed by atoms with Crippen LogP contribution in [0.5, 0.6) is 0 Å². The third-order valence-corrected chi connectivity index (χ3v) is 5.13. The van der Waals surface area contributed by atoms with Gasteiger partial charge in [-0.1, -0.05) is 34.6 Å². The SMILES string of the molecule is CN=C(NCc1nc(C(C)(C)C)cs1)NC1CCN(C(=O)C(C)C)C1.I. The van der Waals surface area contributed by atoms with Gasteiger partial charge in [-0.3, -0.25) is 9.79 Å². The van der Waals surface area contributed by atoms with Crippen LogP contribution in [0.3, 0.4) is 0 Å². The fourth-order valence-electron chi connectivity index (χ4n) is 2.73. The topological polar surface area (TPSA) is 69.6 Å². The molecule has 1 fully saturated rings. The Bertz CT molecular complexity index is 623. The molecule has 1 saturated heterocycles. The van der Waals surface area contributed by atoms with Crippen LogP contribution < -0.4 is 10.6 Å². The van der Waals surface area contributed by atoms with Crippen molar-refractivity contribution in [1.82, 2.24) is 20.5 Å². The van der Waals surface area contributed by atoms with Crippen molar-refractivity contribution >= 4 is 47.2 Å². The third kappa shape index (κ3) is 6.37. The summed E-state index contributed by atoms with van der Waals surface area (Å²) in [6, 6.07) is 0.246. The highest BCUT2D eigenvalue weighted by Gasteiger charge is 2.28. The number of thiazole rings is 1. The number of hydrogen-bond acceptors (Lipinski definition) is 4. The first kappa shape index (κ1) is 23.1. The van der Waals surface area contributed by atoms with E-state index in [1.165, 1.54) is 0 Å². The van der Waals surface area contributed by atoms with Gasteiger partial charge in [-0.25, -0.2) is 4.98 Å². The number of nitrogens with zero attached hydrogens (tertiary/aromatic N) is 3. The van der Waals surface area contributed by atoms with Crippen LogP contribution >= 0.6 is 35.3 Å². The van der Waals surface area contributed by atoms with E-state index in [0.29, 0.717) is 6.54 Å². The molecule has 1 aromatic heterocycles. The number of guanidine groups is 1. The van der Waals surface area contributed by atoms with Gasteiger partial charge in [-0.2, -0.15) is 0 Å². The highest BCUT2D eigenvalue weighted by atomic mass is 127. The van der Waals surface area contributed by atoms with E-state index in [9.17, 15) is 4.79 Å². The molecule has 1 aromatic rings. The molecule has 2 N–H and O–H groups in total. The lowest BCUT2D eigenvalue weighted by molar-refractivity contribution is -0.133. The number of amides is 1. The van der Waals surface area contributed by atoms with Gasteiger partial charge >= 0.3 is 0 Å². The van der Waals surface area contributed by atoms with Crippen LogP contribution in [0.4, 0.5) is 0 Å². The summed E-state index contributed by atoms with van der Waals surface area (Å²) in [4.78, 5) is 23.0. The Morgan fingerprint density at radius 1 is 1.46 bits per heavy atom. The zero-order valence-electron chi connectivity index (χ0n) is 16.6. The summed E-state index contributed by atoms with van der Waals surface area (Å²) in [6.45, 7) is 12.6. The standard InChI is InChI=1S/C18H31N5OS.HI/c1-12(2)16(24)23-8-7-13(10-23)21-17(19-6)20-9-15-22-14(11-25-15)18(3,4)5;/h11-13H,7-10H2,1-6H3,(H2,19,20,21);1H. The van der Waals surface area contributed by atoms with Gasteiger partial charge in [0.15, 0.2) is 5.96 Å². The molecule has 0 bridgehead atoms. The Balaban J connectivity index is 0.00000338. The number of carbonyl (C=O) groups excluding carboxylic acids is 1. The van der Waals surface area contributed by atoms with Crippen LogP contribution in [0.25, 0.3) is 0 Å². The van der Waals surface area contributed by atoms with Crippen molar-refractivity contribution in [3.63, 3.8) is 0 Å². The number of halogens is 1. The van der Waals surface area contributed by atoms with E-state index < -0.39 is 0 Å². The lowest BCUT2D eigenvalue weighted by atomic mass is 9.93. The molecule has 0 spiro atoms. The quantitative estimate of drug-likeness (QED) is 0.385. The molecule has 148 valence electrons. The Kier molecular flexibility index (Phi) is 8.78. The smallest absolute Gasteiger partial charge is 0.225 e. The zero-order valence-corrected chi connectivity index (χ0v) is 19.8. The van der Waals surface area contributed by atoms with Crippen molar-refractivity contribution in [2.24, 2.45) is 10.9 Å². The number of hydrogen-bond donors (Lipinski definition) is 2. The molecule has 1 aliphatic rings. The molecular weight excluding hydrogens is 461 g/mol. The molecule has 0 radical (unpaired) electrons. The number of aromatic nitrogens is 1. The largest absolute Gasteiger partial charge is 0.352 e. The predicted octanol–water partition coefficient (Wildman–Crippen LogP) is 2.98. The molecule has 1 unspecified atom stereocenters. The maximum Gasteiger partial charge on any atom is 0.225 e. The number of rotatable bonds is 4. The van der Waals surface area contributed by atoms with Gasteiger partial charge in [0.2, 0.25) is 5.91 Å². The van der Waals surface area contributed by atoms with Gasteiger partial charge in [0.1, 0.15) is 5.01 Å². The average molecular weight is 493 g/mol. The summed E-state index contributed by atoms with van der Waals surface area (Å²) >= 11 is 1.67. The minimum absolute atomic E-state index is 0. The highest BCUT2D eigenvalue weighted by molar-refractivity contribution is 14.0. The molecule has 1 aliphatic heterocycles. The summed E-state index contributed by atoms with van der Waals surface area (Å²) in [6.07, 6.45) is 0.949. The maximum atomic E-state index is 12.1. The lowest BCUT2D eigenvalue weighted by Crippen LogP contribution is -2.45. The molecule has 0 aromatic carbocycles. The van der Waals surface area contributed by atoms with E-state index in [1.54, 1.807) is 18.4 Å². The molecule has 8 heteroatoms. The summed E-state index contributed by atoms with van der Waals surface area (Å²) < 4.78 is 0. The highest BCUT2D eigenvalue weighted by Crippen LogP contribution is 2.23. The second-order valence-electron chi connectivity index (χ2n) is 7.87. The number of likely N-dealkylation sites (tertiary alicyclic amines) is 1. The molecule has 6 nitrogen and oxygen atoms in total. The Labute approximate surface area is 178 Å². The fraction of sp³-hybridized carbons (Fsp3) is 0.722. The molecule has 0 saturated carbocycles. The van der Waals surface area contributed by atoms with E-state index >= 15 is 0 Å². The van der Waals surface area contributed by atoms with E-state index in [0.717, 1.165) is 36.2 Å². The van der Waals surface area contributed by atoms with Gasteiger partial charge in [-0.05, 0) is 6.42 Å². The normalized spacial score (nSPS) is 18.0.